The summed E-state index contributed by atoms with van der Waals surface area (Å²) in [5.41, 5.74) is 0.346. The smallest absolute Gasteiger partial charge is 0.261 e. The van der Waals surface area contributed by atoms with Crippen molar-refractivity contribution in [3.63, 3.8) is 0 Å². The molecule has 0 bridgehead atoms. The standard InChI is InChI=1S/C22H26FIN2O3/c1-4-15(2)25-22(28)16(3)26(13-17-7-5-6-8-20(17)23)21(27)14-29-19-11-9-18(24)10-12-19/h5-12,15-16H,4,13-14H2,1-3H3,(H,25,28)/t15-,16+/m1/s1. The number of hydrogen-bond donors (Lipinski definition) is 1. The molecule has 0 aliphatic heterocycles. The number of benzene rings is 2. The summed E-state index contributed by atoms with van der Waals surface area (Å²) in [6.07, 6.45) is 0.773. The van der Waals surface area contributed by atoms with Crippen LogP contribution in [0.4, 0.5) is 4.39 Å². The molecule has 0 unspecified atom stereocenters. The maximum Gasteiger partial charge on any atom is 0.261 e. The van der Waals surface area contributed by atoms with Crippen molar-refractivity contribution in [2.24, 2.45) is 0 Å². The second-order valence-electron chi connectivity index (χ2n) is 6.85. The fourth-order valence-electron chi connectivity index (χ4n) is 2.62. The third-order valence-electron chi connectivity index (χ3n) is 4.64. The van der Waals surface area contributed by atoms with E-state index in [1.807, 2.05) is 26.0 Å². The van der Waals surface area contributed by atoms with Gasteiger partial charge in [0, 0.05) is 21.7 Å². The van der Waals surface area contributed by atoms with E-state index in [9.17, 15) is 14.0 Å². The Kier molecular flexibility index (Phi) is 8.88. The summed E-state index contributed by atoms with van der Waals surface area (Å²) in [6, 6.07) is 12.7. The zero-order valence-corrected chi connectivity index (χ0v) is 19.0. The highest BCUT2D eigenvalue weighted by Crippen LogP contribution is 2.16. The molecule has 0 saturated carbocycles. The number of rotatable bonds is 9. The molecule has 0 fully saturated rings. The maximum atomic E-state index is 14.2. The summed E-state index contributed by atoms with van der Waals surface area (Å²) in [5, 5.41) is 2.88. The largest absolute Gasteiger partial charge is 0.484 e. The highest BCUT2D eigenvalue weighted by atomic mass is 127. The first kappa shape index (κ1) is 23.1. The number of hydrogen-bond acceptors (Lipinski definition) is 3. The molecular weight excluding hydrogens is 486 g/mol. The highest BCUT2D eigenvalue weighted by molar-refractivity contribution is 14.1. The van der Waals surface area contributed by atoms with E-state index in [0.717, 1.165) is 9.99 Å². The molecule has 0 aliphatic rings. The van der Waals surface area contributed by atoms with Gasteiger partial charge in [-0.05, 0) is 73.2 Å². The molecule has 2 aromatic rings. The molecule has 2 rings (SSSR count). The van der Waals surface area contributed by atoms with E-state index < -0.39 is 17.8 Å². The molecule has 0 radical (unpaired) electrons. The first-order valence-electron chi connectivity index (χ1n) is 9.53. The van der Waals surface area contributed by atoms with Crippen LogP contribution in [-0.2, 0) is 16.1 Å². The number of nitrogens with one attached hydrogen (secondary N) is 1. The number of carbonyl (C=O) groups is 2. The molecule has 5 nitrogen and oxygen atoms in total. The fourth-order valence-corrected chi connectivity index (χ4v) is 2.98. The summed E-state index contributed by atoms with van der Waals surface area (Å²) in [7, 11) is 0. The molecule has 7 heteroatoms. The van der Waals surface area contributed by atoms with Crippen LogP contribution in [-0.4, -0.2) is 35.4 Å². The summed E-state index contributed by atoms with van der Waals surface area (Å²) < 4.78 is 20.8. The Labute approximate surface area is 184 Å². The van der Waals surface area contributed by atoms with E-state index >= 15 is 0 Å². The van der Waals surface area contributed by atoms with Crippen LogP contribution in [0.3, 0.4) is 0 Å². The van der Waals surface area contributed by atoms with Gasteiger partial charge in [0.15, 0.2) is 6.61 Å². The van der Waals surface area contributed by atoms with Gasteiger partial charge in [0.05, 0.1) is 0 Å². The van der Waals surface area contributed by atoms with E-state index in [4.69, 9.17) is 4.74 Å². The Bertz CT molecular complexity index is 829. The number of carbonyl (C=O) groups excluding carboxylic acids is 2. The molecule has 1 N–H and O–H groups in total. The molecule has 2 amide bonds. The Morgan fingerprint density at radius 2 is 1.79 bits per heavy atom. The second-order valence-corrected chi connectivity index (χ2v) is 8.10. The number of ether oxygens (including phenoxy) is 1. The number of amides is 2. The molecule has 0 aromatic heterocycles. The first-order valence-corrected chi connectivity index (χ1v) is 10.6. The maximum absolute atomic E-state index is 14.2. The lowest BCUT2D eigenvalue weighted by Gasteiger charge is -2.29. The predicted octanol–water partition coefficient (Wildman–Crippen LogP) is 4.14. The van der Waals surface area contributed by atoms with Gasteiger partial charge in [-0.1, -0.05) is 25.1 Å². The first-order chi connectivity index (χ1) is 13.8. The lowest BCUT2D eigenvalue weighted by molar-refractivity contribution is -0.142. The van der Waals surface area contributed by atoms with Crippen molar-refractivity contribution in [2.75, 3.05) is 6.61 Å². The van der Waals surface area contributed by atoms with Gasteiger partial charge in [-0.15, -0.1) is 0 Å². The summed E-state index contributed by atoms with van der Waals surface area (Å²) in [6.45, 7) is 5.24. The summed E-state index contributed by atoms with van der Waals surface area (Å²) in [5.74, 6) is -0.531. The minimum atomic E-state index is -0.767. The monoisotopic (exact) mass is 512 g/mol. The molecule has 0 aliphatic carbocycles. The molecule has 0 spiro atoms. The molecule has 0 saturated heterocycles. The van der Waals surface area contributed by atoms with Crippen LogP contribution in [0.2, 0.25) is 0 Å². The van der Waals surface area contributed by atoms with Gasteiger partial charge in [0.2, 0.25) is 5.91 Å². The molecule has 0 heterocycles. The van der Waals surface area contributed by atoms with E-state index in [-0.39, 0.29) is 25.1 Å². The molecular formula is C22H26FIN2O3. The predicted molar refractivity (Wildman–Crippen MR) is 119 cm³/mol. The minimum Gasteiger partial charge on any atom is -0.484 e. The van der Waals surface area contributed by atoms with Crippen LogP contribution in [0.1, 0.15) is 32.8 Å². The number of halogens is 2. The Balaban J connectivity index is 2.15. The third-order valence-corrected chi connectivity index (χ3v) is 5.36. The van der Waals surface area contributed by atoms with Crippen molar-refractivity contribution >= 4 is 34.4 Å². The lowest BCUT2D eigenvalue weighted by atomic mass is 10.1. The van der Waals surface area contributed by atoms with Gasteiger partial charge in [0.25, 0.3) is 5.91 Å². The van der Waals surface area contributed by atoms with Gasteiger partial charge < -0.3 is 15.0 Å². The second kappa shape index (κ2) is 11.1. The van der Waals surface area contributed by atoms with E-state index in [1.165, 1.54) is 11.0 Å². The molecule has 29 heavy (non-hydrogen) atoms. The summed E-state index contributed by atoms with van der Waals surface area (Å²) >= 11 is 2.18. The van der Waals surface area contributed by atoms with Crippen molar-refractivity contribution in [3.8, 4) is 5.75 Å². The normalized spacial score (nSPS) is 12.7. The van der Waals surface area contributed by atoms with Crippen LogP contribution in [0.5, 0.6) is 5.75 Å². The van der Waals surface area contributed by atoms with Crippen molar-refractivity contribution < 1.29 is 18.7 Å². The van der Waals surface area contributed by atoms with Crippen LogP contribution in [0.15, 0.2) is 48.5 Å². The zero-order chi connectivity index (χ0) is 21.4. The van der Waals surface area contributed by atoms with Gasteiger partial charge in [-0.2, -0.15) is 0 Å². The van der Waals surface area contributed by atoms with Gasteiger partial charge in [0.1, 0.15) is 17.6 Å². The topological polar surface area (TPSA) is 58.6 Å². The summed E-state index contributed by atoms with van der Waals surface area (Å²) in [4.78, 5) is 26.9. The van der Waals surface area contributed by atoms with Gasteiger partial charge >= 0.3 is 0 Å². The van der Waals surface area contributed by atoms with Crippen molar-refractivity contribution in [1.29, 1.82) is 0 Å². The third kappa shape index (κ3) is 6.99. The highest BCUT2D eigenvalue weighted by Gasteiger charge is 2.27. The Hall–Kier alpha value is -2.16. The quantitative estimate of drug-likeness (QED) is 0.514. The minimum absolute atomic E-state index is 0.0154. The average Bonchev–Trinajstić information content (AvgIpc) is 2.71. The lowest BCUT2D eigenvalue weighted by Crippen LogP contribution is -2.50. The molecule has 2 aromatic carbocycles. The Morgan fingerprint density at radius 3 is 2.41 bits per heavy atom. The van der Waals surface area contributed by atoms with Gasteiger partial charge in [-0.3, -0.25) is 9.59 Å². The van der Waals surface area contributed by atoms with Crippen molar-refractivity contribution in [2.45, 2.75) is 45.8 Å². The van der Waals surface area contributed by atoms with Crippen LogP contribution >= 0.6 is 22.6 Å². The molecule has 156 valence electrons. The zero-order valence-electron chi connectivity index (χ0n) is 16.8. The van der Waals surface area contributed by atoms with E-state index in [0.29, 0.717) is 11.3 Å². The van der Waals surface area contributed by atoms with E-state index in [1.54, 1.807) is 37.3 Å². The SMILES string of the molecule is CC[C@@H](C)NC(=O)[C@H](C)N(Cc1ccccc1F)C(=O)COc1ccc(I)cc1. The fraction of sp³-hybridized carbons (Fsp3) is 0.364. The Morgan fingerprint density at radius 1 is 1.14 bits per heavy atom. The average molecular weight is 512 g/mol. The number of nitrogens with zero attached hydrogens (tertiary/aromatic N) is 1. The van der Waals surface area contributed by atoms with Crippen molar-refractivity contribution in [1.82, 2.24) is 10.2 Å². The van der Waals surface area contributed by atoms with Crippen LogP contribution in [0, 0.1) is 9.39 Å². The van der Waals surface area contributed by atoms with Crippen molar-refractivity contribution in [3.05, 3.63) is 63.5 Å². The van der Waals surface area contributed by atoms with Gasteiger partial charge in [-0.25, -0.2) is 4.39 Å². The van der Waals surface area contributed by atoms with Crippen LogP contribution < -0.4 is 10.1 Å². The van der Waals surface area contributed by atoms with Crippen LogP contribution in [0.25, 0.3) is 0 Å². The van der Waals surface area contributed by atoms with E-state index in [2.05, 4.69) is 27.9 Å². The molecule has 2 atom stereocenters.